The number of carbonyl (C=O) groups excluding carboxylic acids is 2. The lowest BCUT2D eigenvalue weighted by Crippen LogP contribution is -2.23. The number of benzene rings is 2. The molecule has 0 saturated heterocycles. The van der Waals surface area contributed by atoms with E-state index < -0.39 is 12.0 Å². The van der Waals surface area contributed by atoms with Crippen LogP contribution in [-0.2, 0) is 11.3 Å². The number of hydrogen-bond acceptors (Lipinski definition) is 6. The molecule has 2 aromatic carbocycles. The van der Waals surface area contributed by atoms with Crippen LogP contribution in [0.15, 0.2) is 70.9 Å². The second kappa shape index (κ2) is 11.4. The fourth-order valence-corrected chi connectivity index (χ4v) is 2.96. The first-order valence-corrected chi connectivity index (χ1v) is 10.3. The van der Waals surface area contributed by atoms with Gasteiger partial charge in [0.25, 0.3) is 5.91 Å². The lowest BCUT2D eigenvalue weighted by molar-refractivity contribution is -0.117. The molecule has 9 heteroatoms. The quantitative estimate of drug-likeness (QED) is 0.350. The third-order valence-corrected chi connectivity index (χ3v) is 4.46. The van der Waals surface area contributed by atoms with Gasteiger partial charge in [-0.15, -0.1) is 0 Å². The summed E-state index contributed by atoms with van der Waals surface area (Å²) in [4.78, 5) is 24.6. The second-order valence-electron chi connectivity index (χ2n) is 6.60. The van der Waals surface area contributed by atoms with Gasteiger partial charge in [-0.1, -0.05) is 23.7 Å². The van der Waals surface area contributed by atoms with E-state index in [4.69, 9.17) is 25.5 Å². The Bertz CT molecular complexity index is 1200. The average Bonchev–Trinajstić information content (AvgIpc) is 3.31. The van der Waals surface area contributed by atoms with Gasteiger partial charge in [-0.05, 0) is 61.0 Å². The first-order chi connectivity index (χ1) is 16.0. The van der Waals surface area contributed by atoms with E-state index in [1.54, 1.807) is 55.5 Å². The predicted molar refractivity (Wildman–Crippen MR) is 123 cm³/mol. The summed E-state index contributed by atoms with van der Waals surface area (Å²) in [6, 6.07) is 16.6. The molecule has 1 aromatic heterocycles. The molecule has 0 unspecified atom stereocenters. The molecule has 3 rings (SSSR count). The molecule has 1 heterocycles. The van der Waals surface area contributed by atoms with Crippen molar-refractivity contribution >= 4 is 35.4 Å². The molecule has 33 heavy (non-hydrogen) atoms. The predicted octanol–water partition coefficient (Wildman–Crippen LogP) is 5.17. The van der Waals surface area contributed by atoms with Crippen molar-refractivity contribution < 1.29 is 23.5 Å². The molecule has 168 valence electrons. The van der Waals surface area contributed by atoms with E-state index in [9.17, 15) is 14.9 Å². The smallest absolute Gasteiger partial charge is 0.417 e. The molecule has 8 nitrogen and oxygen atoms in total. The number of furan rings is 1. The molecule has 0 fully saturated rings. The van der Waals surface area contributed by atoms with Crippen LogP contribution in [0.2, 0.25) is 5.02 Å². The number of nitrogens with zero attached hydrogens (tertiary/aromatic N) is 1. The molecule has 0 radical (unpaired) electrons. The van der Waals surface area contributed by atoms with Crippen LogP contribution in [0.3, 0.4) is 0 Å². The summed E-state index contributed by atoms with van der Waals surface area (Å²) in [5, 5.41) is 15.1. The van der Waals surface area contributed by atoms with Gasteiger partial charge in [0.1, 0.15) is 17.4 Å². The van der Waals surface area contributed by atoms with E-state index in [0.29, 0.717) is 28.6 Å². The van der Waals surface area contributed by atoms with Gasteiger partial charge in [0.15, 0.2) is 11.5 Å². The Morgan fingerprint density at radius 1 is 1.15 bits per heavy atom. The number of anilines is 1. The molecule has 0 spiro atoms. The van der Waals surface area contributed by atoms with Crippen molar-refractivity contribution in [1.82, 2.24) is 5.32 Å². The minimum atomic E-state index is -0.725. The van der Waals surface area contributed by atoms with Crippen LogP contribution in [0, 0.1) is 11.3 Å². The molecule has 2 amide bonds. The summed E-state index contributed by atoms with van der Waals surface area (Å²) in [5.41, 5.74) is 0.895. The van der Waals surface area contributed by atoms with E-state index >= 15 is 0 Å². The zero-order chi connectivity index (χ0) is 23.6. The van der Waals surface area contributed by atoms with E-state index in [1.807, 2.05) is 6.07 Å². The Morgan fingerprint density at radius 3 is 2.70 bits per heavy atom. The Balaban J connectivity index is 1.72. The summed E-state index contributed by atoms with van der Waals surface area (Å²) in [7, 11) is 0. The maximum atomic E-state index is 12.3. The van der Waals surface area contributed by atoms with Gasteiger partial charge in [0.2, 0.25) is 0 Å². The van der Waals surface area contributed by atoms with Crippen LogP contribution in [-0.4, -0.2) is 18.6 Å². The summed E-state index contributed by atoms with van der Waals surface area (Å²) < 4.78 is 16.1. The van der Waals surface area contributed by atoms with E-state index in [1.165, 1.54) is 18.4 Å². The van der Waals surface area contributed by atoms with E-state index in [-0.39, 0.29) is 23.6 Å². The van der Waals surface area contributed by atoms with Crippen LogP contribution < -0.4 is 20.1 Å². The van der Waals surface area contributed by atoms with Gasteiger partial charge in [0.05, 0.1) is 19.4 Å². The SMILES string of the molecule is CCOc1cc(/C=C(\C#N)C(=O)NCc2ccco2)ccc1OC(=O)Nc1cccc(Cl)c1. The molecule has 0 saturated carbocycles. The first-order valence-electron chi connectivity index (χ1n) is 9.92. The fraction of sp³-hybridized carbons (Fsp3) is 0.125. The largest absolute Gasteiger partial charge is 0.490 e. The number of amides is 2. The van der Waals surface area contributed by atoms with Crippen molar-refractivity contribution in [2.75, 3.05) is 11.9 Å². The Hall–Kier alpha value is -4.22. The number of halogens is 1. The number of carbonyl (C=O) groups is 2. The topological polar surface area (TPSA) is 114 Å². The van der Waals surface area contributed by atoms with Crippen LogP contribution in [0.4, 0.5) is 10.5 Å². The molecule has 2 N–H and O–H groups in total. The van der Waals surface area contributed by atoms with E-state index in [2.05, 4.69) is 10.6 Å². The molecule has 0 atom stereocenters. The Labute approximate surface area is 195 Å². The summed E-state index contributed by atoms with van der Waals surface area (Å²) in [5.74, 6) is 0.472. The standard InChI is InChI=1S/C24H20ClN3O5/c1-2-31-22-12-16(11-17(14-26)23(29)27-15-20-7-4-10-32-20)8-9-21(22)33-24(30)28-19-6-3-5-18(25)13-19/h3-13H,2,15H2,1H3,(H,27,29)(H,28,30)/b17-11+. The first kappa shape index (κ1) is 23.4. The summed E-state index contributed by atoms with van der Waals surface area (Å²) in [6.07, 6.45) is 2.18. The Morgan fingerprint density at radius 2 is 2.00 bits per heavy atom. The van der Waals surface area contributed by atoms with Crippen molar-refractivity contribution in [3.63, 3.8) is 0 Å². The van der Waals surface area contributed by atoms with Crippen LogP contribution in [0.5, 0.6) is 11.5 Å². The van der Waals surface area contributed by atoms with Gasteiger partial charge < -0.3 is 19.2 Å². The Kier molecular flexibility index (Phi) is 8.11. The minimum absolute atomic E-state index is 0.101. The lowest BCUT2D eigenvalue weighted by atomic mass is 10.1. The van der Waals surface area contributed by atoms with Crippen molar-refractivity contribution in [2.45, 2.75) is 13.5 Å². The molecule has 0 aliphatic rings. The third kappa shape index (κ3) is 6.89. The van der Waals surface area contributed by atoms with Gasteiger partial charge in [-0.2, -0.15) is 5.26 Å². The monoisotopic (exact) mass is 465 g/mol. The fourth-order valence-electron chi connectivity index (χ4n) is 2.77. The normalized spacial score (nSPS) is 10.8. The number of rotatable bonds is 8. The molecule has 0 bridgehead atoms. The highest BCUT2D eigenvalue weighted by molar-refractivity contribution is 6.30. The minimum Gasteiger partial charge on any atom is -0.490 e. The summed E-state index contributed by atoms with van der Waals surface area (Å²) in [6.45, 7) is 2.25. The number of hydrogen-bond donors (Lipinski definition) is 2. The lowest BCUT2D eigenvalue weighted by Gasteiger charge is -2.12. The van der Waals surface area contributed by atoms with Gasteiger partial charge >= 0.3 is 6.09 Å². The molecular formula is C24H20ClN3O5. The maximum absolute atomic E-state index is 12.3. The highest BCUT2D eigenvalue weighted by atomic mass is 35.5. The summed E-state index contributed by atoms with van der Waals surface area (Å²) >= 11 is 5.92. The van der Waals surface area contributed by atoms with Crippen LogP contribution in [0.25, 0.3) is 6.08 Å². The van der Waals surface area contributed by atoms with Crippen molar-refractivity contribution in [1.29, 1.82) is 5.26 Å². The number of ether oxygens (including phenoxy) is 2. The maximum Gasteiger partial charge on any atom is 0.417 e. The number of nitrogens with one attached hydrogen (secondary N) is 2. The van der Waals surface area contributed by atoms with E-state index in [0.717, 1.165) is 0 Å². The molecular weight excluding hydrogens is 446 g/mol. The molecule has 0 aliphatic carbocycles. The molecule has 3 aromatic rings. The second-order valence-corrected chi connectivity index (χ2v) is 7.03. The van der Waals surface area contributed by atoms with Crippen LogP contribution in [0.1, 0.15) is 18.2 Å². The average molecular weight is 466 g/mol. The highest BCUT2D eigenvalue weighted by Crippen LogP contribution is 2.30. The number of nitriles is 1. The van der Waals surface area contributed by atoms with Crippen molar-refractivity contribution in [3.8, 4) is 17.6 Å². The van der Waals surface area contributed by atoms with Crippen molar-refractivity contribution in [2.24, 2.45) is 0 Å². The zero-order valence-corrected chi connectivity index (χ0v) is 18.4. The van der Waals surface area contributed by atoms with Gasteiger partial charge in [-0.25, -0.2) is 4.79 Å². The van der Waals surface area contributed by atoms with Crippen LogP contribution >= 0.6 is 11.6 Å². The highest BCUT2D eigenvalue weighted by Gasteiger charge is 2.14. The third-order valence-electron chi connectivity index (χ3n) is 4.22. The van der Waals surface area contributed by atoms with Gasteiger partial charge in [0, 0.05) is 10.7 Å². The molecule has 0 aliphatic heterocycles. The van der Waals surface area contributed by atoms with Crippen molar-refractivity contribution in [3.05, 3.63) is 82.8 Å². The zero-order valence-electron chi connectivity index (χ0n) is 17.6. The van der Waals surface area contributed by atoms with Gasteiger partial charge in [-0.3, -0.25) is 10.1 Å².